The zero-order chi connectivity index (χ0) is 24.1. The summed E-state index contributed by atoms with van der Waals surface area (Å²) >= 11 is 0. The second-order valence-electron chi connectivity index (χ2n) is 10.9. The molecule has 1 atom stereocenters. The van der Waals surface area contributed by atoms with Crippen molar-refractivity contribution >= 4 is 0 Å². The Labute approximate surface area is 211 Å². The SMILES string of the molecule is CCCCCCCCCCCCCCCCCCCCCCCCOCC(CC)CCCC. The first-order valence-electron chi connectivity index (χ1n) is 15.9. The molecule has 0 aliphatic carbocycles. The van der Waals surface area contributed by atoms with Crippen LogP contribution in [0.2, 0.25) is 0 Å². The maximum absolute atomic E-state index is 5.93. The molecule has 200 valence electrons. The number of hydrogen-bond donors (Lipinski definition) is 0. The van der Waals surface area contributed by atoms with Crippen LogP contribution < -0.4 is 0 Å². The molecule has 0 radical (unpaired) electrons. The van der Waals surface area contributed by atoms with E-state index in [-0.39, 0.29) is 0 Å². The molecule has 0 saturated carbocycles. The predicted octanol–water partition coefficient (Wildman–Crippen LogP) is 11.8. The van der Waals surface area contributed by atoms with Gasteiger partial charge in [-0.3, -0.25) is 0 Å². The maximum Gasteiger partial charge on any atom is 0.0494 e. The van der Waals surface area contributed by atoms with Crippen molar-refractivity contribution < 1.29 is 4.74 Å². The van der Waals surface area contributed by atoms with Crippen LogP contribution in [0.25, 0.3) is 0 Å². The third-order valence-electron chi connectivity index (χ3n) is 7.54. The highest BCUT2D eigenvalue weighted by Crippen LogP contribution is 2.16. The smallest absolute Gasteiger partial charge is 0.0494 e. The monoisotopic (exact) mass is 467 g/mol. The van der Waals surface area contributed by atoms with Gasteiger partial charge in [-0.05, 0) is 18.8 Å². The Hall–Kier alpha value is -0.0400. The third kappa shape index (κ3) is 28.1. The summed E-state index contributed by atoms with van der Waals surface area (Å²) in [6, 6.07) is 0. The van der Waals surface area contributed by atoms with Crippen molar-refractivity contribution in [3.63, 3.8) is 0 Å². The lowest BCUT2D eigenvalue weighted by molar-refractivity contribution is 0.0908. The molecule has 0 heterocycles. The molecule has 0 rings (SSSR count). The second kappa shape index (κ2) is 30.0. The Morgan fingerprint density at radius 1 is 0.394 bits per heavy atom. The molecule has 0 saturated heterocycles. The summed E-state index contributed by atoms with van der Waals surface area (Å²) in [7, 11) is 0. The van der Waals surface area contributed by atoms with Gasteiger partial charge >= 0.3 is 0 Å². The molecule has 0 aliphatic rings. The molecule has 0 bridgehead atoms. The molecule has 0 aromatic rings. The third-order valence-corrected chi connectivity index (χ3v) is 7.54. The van der Waals surface area contributed by atoms with E-state index in [4.69, 9.17) is 4.74 Å². The van der Waals surface area contributed by atoms with Gasteiger partial charge in [-0.25, -0.2) is 0 Å². The normalized spacial score (nSPS) is 12.5. The molecule has 1 heteroatoms. The van der Waals surface area contributed by atoms with Gasteiger partial charge in [0.15, 0.2) is 0 Å². The Bertz CT molecular complexity index is 326. The van der Waals surface area contributed by atoms with E-state index in [1.165, 1.54) is 167 Å². The van der Waals surface area contributed by atoms with E-state index in [2.05, 4.69) is 20.8 Å². The van der Waals surface area contributed by atoms with Gasteiger partial charge in [0.1, 0.15) is 0 Å². The fraction of sp³-hybridized carbons (Fsp3) is 1.00. The molecule has 1 unspecified atom stereocenters. The van der Waals surface area contributed by atoms with Gasteiger partial charge in [0.2, 0.25) is 0 Å². The van der Waals surface area contributed by atoms with Gasteiger partial charge < -0.3 is 4.74 Å². The zero-order valence-corrected chi connectivity index (χ0v) is 23.8. The van der Waals surface area contributed by atoms with Crippen LogP contribution in [0.1, 0.15) is 188 Å². The minimum absolute atomic E-state index is 0.796. The maximum atomic E-state index is 5.93. The van der Waals surface area contributed by atoms with E-state index in [9.17, 15) is 0 Å². The van der Waals surface area contributed by atoms with E-state index in [0.717, 1.165) is 19.1 Å². The van der Waals surface area contributed by atoms with Crippen molar-refractivity contribution in [1.29, 1.82) is 0 Å². The summed E-state index contributed by atoms with van der Waals surface area (Å²) in [5.41, 5.74) is 0. The van der Waals surface area contributed by atoms with Crippen LogP contribution in [0.15, 0.2) is 0 Å². The van der Waals surface area contributed by atoms with Gasteiger partial charge in [0.25, 0.3) is 0 Å². The summed E-state index contributed by atoms with van der Waals surface area (Å²) < 4.78 is 5.93. The molecular weight excluding hydrogens is 400 g/mol. The summed E-state index contributed by atoms with van der Waals surface area (Å²) in [5.74, 6) is 0.796. The van der Waals surface area contributed by atoms with Crippen molar-refractivity contribution in [1.82, 2.24) is 0 Å². The van der Waals surface area contributed by atoms with Crippen LogP contribution in [0.4, 0.5) is 0 Å². The fourth-order valence-corrected chi connectivity index (χ4v) is 4.96. The van der Waals surface area contributed by atoms with Gasteiger partial charge in [-0.15, -0.1) is 0 Å². The van der Waals surface area contributed by atoms with Crippen LogP contribution in [0, 0.1) is 5.92 Å². The van der Waals surface area contributed by atoms with E-state index >= 15 is 0 Å². The van der Waals surface area contributed by atoms with Gasteiger partial charge in [-0.2, -0.15) is 0 Å². The number of hydrogen-bond acceptors (Lipinski definition) is 1. The zero-order valence-electron chi connectivity index (χ0n) is 23.8. The van der Waals surface area contributed by atoms with Crippen LogP contribution >= 0.6 is 0 Å². The first-order chi connectivity index (χ1) is 16.3. The molecule has 0 aromatic carbocycles. The lowest BCUT2D eigenvalue weighted by atomic mass is 10.0. The van der Waals surface area contributed by atoms with E-state index in [0.29, 0.717) is 0 Å². The van der Waals surface area contributed by atoms with Crippen molar-refractivity contribution in [2.24, 2.45) is 5.92 Å². The molecule has 0 aliphatic heterocycles. The first kappa shape index (κ1) is 33.0. The molecule has 0 aromatic heterocycles. The number of unbranched alkanes of at least 4 members (excludes halogenated alkanes) is 22. The van der Waals surface area contributed by atoms with Crippen LogP contribution in [0.3, 0.4) is 0 Å². The summed E-state index contributed by atoms with van der Waals surface area (Å²) in [4.78, 5) is 0. The minimum atomic E-state index is 0.796. The highest BCUT2D eigenvalue weighted by atomic mass is 16.5. The fourth-order valence-electron chi connectivity index (χ4n) is 4.96. The lowest BCUT2D eigenvalue weighted by Crippen LogP contribution is -2.09. The van der Waals surface area contributed by atoms with Gasteiger partial charge in [0, 0.05) is 13.2 Å². The van der Waals surface area contributed by atoms with Crippen molar-refractivity contribution in [2.45, 2.75) is 188 Å². The van der Waals surface area contributed by atoms with E-state index in [1.807, 2.05) is 0 Å². The molecule has 0 fully saturated rings. The predicted molar refractivity (Wildman–Crippen MR) is 151 cm³/mol. The van der Waals surface area contributed by atoms with Crippen LogP contribution in [0.5, 0.6) is 0 Å². The summed E-state index contributed by atoms with van der Waals surface area (Å²) in [6.07, 6.45) is 37.2. The highest BCUT2D eigenvalue weighted by molar-refractivity contribution is 4.56. The van der Waals surface area contributed by atoms with E-state index in [1.54, 1.807) is 0 Å². The average Bonchev–Trinajstić information content (AvgIpc) is 2.83. The van der Waals surface area contributed by atoms with Gasteiger partial charge in [-0.1, -0.05) is 175 Å². The van der Waals surface area contributed by atoms with Gasteiger partial charge in [0.05, 0.1) is 0 Å². The Morgan fingerprint density at radius 2 is 0.727 bits per heavy atom. The Balaban J connectivity index is 3.09. The summed E-state index contributed by atoms with van der Waals surface area (Å²) in [6.45, 7) is 8.88. The summed E-state index contributed by atoms with van der Waals surface area (Å²) in [5, 5.41) is 0. The van der Waals surface area contributed by atoms with Crippen LogP contribution in [-0.4, -0.2) is 13.2 Å². The number of rotatable bonds is 29. The Kier molecular flexibility index (Phi) is 30.0. The minimum Gasteiger partial charge on any atom is -0.381 e. The molecule has 0 spiro atoms. The largest absolute Gasteiger partial charge is 0.381 e. The molecule has 0 amide bonds. The van der Waals surface area contributed by atoms with Crippen LogP contribution in [-0.2, 0) is 4.74 Å². The van der Waals surface area contributed by atoms with Crippen molar-refractivity contribution in [3.05, 3.63) is 0 Å². The average molecular weight is 467 g/mol. The standard InChI is InChI=1S/C32H66O/c1-4-7-9-10-11-12-13-14-15-16-17-18-19-20-21-22-23-24-25-26-27-28-30-33-31-32(6-3)29-8-5-2/h32H,4-31H2,1-3H3. The van der Waals surface area contributed by atoms with Crippen molar-refractivity contribution in [3.8, 4) is 0 Å². The van der Waals surface area contributed by atoms with E-state index < -0.39 is 0 Å². The molecular formula is C32H66O. The topological polar surface area (TPSA) is 9.23 Å². The Morgan fingerprint density at radius 3 is 1.06 bits per heavy atom. The highest BCUT2D eigenvalue weighted by Gasteiger charge is 2.05. The van der Waals surface area contributed by atoms with Crippen molar-refractivity contribution in [2.75, 3.05) is 13.2 Å². The quantitative estimate of drug-likeness (QED) is 0.0995. The molecule has 33 heavy (non-hydrogen) atoms. The number of ether oxygens (including phenoxy) is 1. The molecule has 0 N–H and O–H groups in total. The second-order valence-corrected chi connectivity index (χ2v) is 10.9. The lowest BCUT2D eigenvalue weighted by Gasteiger charge is -2.14. The molecule has 1 nitrogen and oxygen atoms in total. The first-order valence-corrected chi connectivity index (χ1v) is 15.9.